The fourth-order valence-electron chi connectivity index (χ4n) is 3.94. The number of piperidine rings is 2. The van der Waals surface area contributed by atoms with Gasteiger partial charge in [0.15, 0.2) is 0 Å². The van der Waals surface area contributed by atoms with E-state index in [0.717, 1.165) is 50.5 Å². The van der Waals surface area contributed by atoms with Gasteiger partial charge in [0.05, 0.1) is 5.56 Å². The Morgan fingerprint density at radius 1 is 1.12 bits per heavy atom. The van der Waals surface area contributed by atoms with Crippen LogP contribution in [0.4, 0.5) is 13.2 Å². The highest BCUT2D eigenvalue weighted by molar-refractivity contribution is 5.30. The number of halogens is 3. The molecule has 0 spiro atoms. The Balaban J connectivity index is 1.46. The van der Waals surface area contributed by atoms with Crippen LogP contribution in [0, 0.1) is 5.92 Å². The van der Waals surface area contributed by atoms with E-state index in [1.807, 2.05) is 0 Å². The first kappa shape index (κ1) is 18.5. The molecule has 1 atom stereocenters. The first-order chi connectivity index (χ1) is 11.9. The Bertz CT molecular complexity index is 556. The normalized spacial score (nSPS) is 24.4. The SMILES string of the molecule is CN1CCCC(CN2CCC(Oc3cccc(C(F)(F)F)c3)CC2)C1. The molecule has 6 heteroatoms. The first-order valence-electron chi connectivity index (χ1n) is 9.15. The molecule has 2 fully saturated rings. The molecule has 1 aromatic rings. The number of rotatable bonds is 4. The van der Waals surface area contributed by atoms with E-state index in [1.54, 1.807) is 6.07 Å². The summed E-state index contributed by atoms with van der Waals surface area (Å²) in [7, 11) is 2.18. The molecular weight excluding hydrogens is 329 g/mol. The molecule has 0 saturated carbocycles. The molecule has 0 amide bonds. The van der Waals surface area contributed by atoms with Crippen LogP contribution >= 0.6 is 0 Å². The third-order valence-electron chi connectivity index (χ3n) is 5.24. The van der Waals surface area contributed by atoms with E-state index in [-0.39, 0.29) is 6.10 Å². The maximum Gasteiger partial charge on any atom is 0.416 e. The Hall–Kier alpha value is -1.27. The van der Waals surface area contributed by atoms with E-state index in [0.29, 0.717) is 5.75 Å². The van der Waals surface area contributed by atoms with Crippen molar-refractivity contribution in [1.29, 1.82) is 0 Å². The molecule has 3 rings (SSSR count). The van der Waals surface area contributed by atoms with E-state index in [1.165, 1.54) is 32.0 Å². The van der Waals surface area contributed by atoms with Crippen molar-refractivity contribution in [2.45, 2.75) is 38.0 Å². The zero-order valence-electron chi connectivity index (χ0n) is 14.8. The lowest BCUT2D eigenvalue weighted by Gasteiger charge is -2.37. The lowest BCUT2D eigenvalue weighted by molar-refractivity contribution is -0.137. The molecule has 0 bridgehead atoms. The summed E-state index contributed by atoms with van der Waals surface area (Å²) in [6.45, 7) is 5.42. The van der Waals surface area contributed by atoms with Gasteiger partial charge in [-0.3, -0.25) is 0 Å². The molecule has 2 saturated heterocycles. The molecule has 2 aliphatic heterocycles. The lowest BCUT2D eigenvalue weighted by atomic mass is 9.96. The van der Waals surface area contributed by atoms with Crippen LogP contribution in [0.5, 0.6) is 5.75 Å². The first-order valence-corrected chi connectivity index (χ1v) is 9.15. The summed E-state index contributed by atoms with van der Waals surface area (Å²) in [5, 5.41) is 0. The van der Waals surface area contributed by atoms with Gasteiger partial charge in [0.2, 0.25) is 0 Å². The van der Waals surface area contributed by atoms with Gasteiger partial charge in [0, 0.05) is 26.2 Å². The minimum atomic E-state index is -4.32. The second-order valence-electron chi connectivity index (χ2n) is 7.41. The topological polar surface area (TPSA) is 15.7 Å². The molecule has 2 heterocycles. The summed E-state index contributed by atoms with van der Waals surface area (Å²) in [6, 6.07) is 5.20. The molecule has 3 nitrogen and oxygen atoms in total. The molecule has 0 aliphatic carbocycles. The van der Waals surface area contributed by atoms with Gasteiger partial charge in [-0.1, -0.05) is 6.07 Å². The van der Waals surface area contributed by atoms with Crippen LogP contribution in [0.1, 0.15) is 31.2 Å². The molecule has 0 N–H and O–H groups in total. The van der Waals surface area contributed by atoms with Crippen molar-refractivity contribution in [2.24, 2.45) is 5.92 Å². The molecule has 1 aromatic carbocycles. The number of nitrogens with zero attached hydrogens (tertiary/aromatic N) is 2. The van der Waals surface area contributed by atoms with Gasteiger partial charge in [-0.05, 0) is 63.4 Å². The van der Waals surface area contributed by atoms with E-state index in [2.05, 4.69) is 16.8 Å². The Kier molecular flexibility index (Phi) is 5.89. The smallest absolute Gasteiger partial charge is 0.416 e. The Morgan fingerprint density at radius 2 is 1.88 bits per heavy atom. The molecule has 25 heavy (non-hydrogen) atoms. The third kappa shape index (κ3) is 5.35. The summed E-state index contributed by atoms with van der Waals surface area (Å²) in [4.78, 5) is 4.88. The zero-order chi connectivity index (χ0) is 17.9. The predicted molar refractivity (Wildman–Crippen MR) is 91.8 cm³/mol. The van der Waals surface area contributed by atoms with Crippen molar-refractivity contribution in [3.63, 3.8) is 0 Å². The number of benzene rings is 1. The maximum absolute atomic E-state index is 12.8. The summed E-state index contributed by atoms with van der Waals surface area (Å²) >= 11 is 0. The van der Waals surface area contributed by atoms with E-state index >= 15 is 0 Å². The van der Waals surface area contributed by atoms with Gasteiger partial charge in [-0.15, -0.1) is 0 Å². The second-order valence-corrected chi connectivity index (χ2v) is 7.41. The maximum atomic E-state index is 12.8. The van der Waals surface area contributed by atoms with Gasteiger partial charge in [0.25, 0.3) is 0 Å². The second kappa shape index (κ2) is 7.96. The lowest BCUT2D eigenvalue weighted by Crippen LogP contribution is -2.44. The predicted octanol–water partition coefficient (Wildman–Crippen LogP) is 3.89. The van der Waals surface area contributed by atoms with Crippen LogP contribution in [0.15, 0.2) is 24.3 Å². The highest BCUT2D eigenvalue weighted by Crippen LogP contribution is 2.32. The van der Waals surface area contributed by atoms with Crippen molar-refractivity contribution in [1.82, 2.24) is 9.80 Å². The van der Waals surface area contributed by atoms with Crippen LogP contribution in [0.3, 0.4) is 0 Å². The van der Waals surface area contributed by atoms with Gasteiger partial charge >= 0.3 is 6.18 Å². The quantitative estimate of drug-likeness (QED) is 0.814. The van der Waals surface area contributed by atoms with E-state index < -0.39 is 11.7 Å². The molecule has 140 valence electrons. The molecular formula is C19H27F3N2O. The fraction of sp³-hybridized carbons (Fsp3) is 0.684. The number of ether oxygens (including phenoxy) is 1. The number of likely N-dealkylation sites (tertiary alicyclic amines) is 2. The minimum absolute atomic E-state index is 0.00811. The number of alkyl halides is 3. The average molecular weight is 356 g/mol. The van der Waals surface area contributed by atoms with E-state index in [4.69, 9.17) is 4.74 Å². The van der Waals surface area contributed by atoms with Crippen LogP contribution in [-0.4, -0.2) is 55.7 Å². The van der Waals surface area contributed by atoms with Gasteiger partial charge in [-0.25, -0.2) is 0 Å². The highest BCUT2D eigenvalue weighted by atomic mass is 19.4. The van der Waals surface area contributed by atoms with Gasteiger partial charge in [0.1, 0.15) is 11.9 Å². The summed E-state index contributed by atoms with van der Waals surface area (Å²) in [5.41, 5.74) is -0.649. The largest absolute Gasteiger partial charge is 0.490 e. The average Bonchev–Trinajstić information content (AvgIpc) is 2.56. The summed E-state index contributed by atoms with van der Waals surface area (Å²) in [5.74, 6) is 1.06. The van der Waals surface area contributed by atoms with Crippen LogP contribution in [-0.2, 0) is 6.18 Å². The Morgan fingerprint density at radius 3 is 2.56 bits per heavy atom. The number of hydrogen-bond acceptors (Lipinski definition) is 3. The number of hydrogen-bond donors (Lipinski definition) is 0. The molecule has 0 aromatic heterocycles. The van der Waals surface area contributed by atoms with Gasteiger partial charge < -0.3 is 14.5 Å². The van der Waals surface area contributed by atoms with Crippen LogP contribution in [0.2, 0.25) is 0 Å². The third-order valence-corrected chi connectivity index (χ3v) is 5.24. The van der Waals surface area contributed by atoms with Crippen molar-refractivity contribution >= 4 is 0 Å². The standard InChI is InChI=1S/C19H27F3N2O/c1-23-9-3-4-15(13-23)14-24-10-7-17(8-11-24)25-18-6-2-5-16(12-18)19(20,21)22/h2,5-6,12,15,17H,3-4,7-11,13-14H2,1H3. The van der Waals surface area contributed by atoms with E-state index in [9.17, 15) is 13.2 Å². The van der Waals surface area contributed by atoms with Crippen molar-refractivity contribution in [2.75, 3.05) is 39.8 Å². The highest BCUT2D eigenvalue weighted by Gasteiger charge is 2.31. The van der Waals surface area contributed by atoms with Crippen molar-refractivity contribution < 1.29 is 17.9 Å². The van der Waals surface area contributed by atoms with Crippen LogP contribution in [0.25, 0.3) is 0 Å². The zero-order valence-corrected chi connectivity index (χ0v) is 14.8. The molecule has 2 aliphatic rings. The Labute approximate surface area is 147 Å². The van der Waals surface area contributed by atoms with Crippen molar-refractivity contribution in [3.05, 3.63) is 29.8 Å². The minimum Gasteiger partial charge on any atom is -0.490 e. The van der Waals surface area contributed by atoms with Crippen molar-refractivity contribution in [3.8, 4) is 5.75 Å². The fourth-order valence-corrected chi connectivity index (χ4v) is 3.94. The van der Waals surface area contributed by atoms with Gasteiger partial charge in [-0.2, -0.15) is 13.2 Å². The van der Waals surface area contributed by atoms with Crippen LogP contribution < -0.4 is 4.74 Å². The summed E-state index contributed by atoms with van der Waals surface area (Å²) in [6.07, 6.45) is 0.00295. The monoisotopic (exact) mass is 356 g/mol. The summed E-state index contributed by atoms with van der Waals surface area (Å²) < 4.78 is 44.2. The molecule has 0 radical (unpaired) electrons. The molecule has 1 unspecified atom stereocenters.